The van der Waals surface area contributed by atoms with Gasteiger partial charge in [0.25, 0.3) is 5.69 Å². The summed E-state index contributed by atoms with van der Waals surface area (Å²) in [6.45, 7) is 2.72. The molecule has 0 aliphatic carbocycles. The quantitative estimate of drug-likeness (QED) is 0.374. The lowest BCUT2D eigenvalue weighted by atomic mass is 9.93. The number of carbonyl (C=O) groups is 1. The highest BCUT2D eigenvalue weighted by atomic mass is 16.6. The van der Waals surface area contributed by atoms with Crippen molar-refractivity contribution < 1.29 is 9.72 Å². The van der Waals surface area contributed by atoms with Crippen molar-refractivity contribution in [2.75, 3.05) is 11.9 Å². The first kappa shape index (κ1) is 19.4. The second-order valence-corrected chi connectivity index (χ2v) is 6.24. The fourth-order valence-corrected chi connectivity index (χ4v) is 2.81. The third-order valence-electron chi connectivity index (χ3n) is 4.27. The second kappa shape index (κ2) is 10.2. The van der Waals surface area contributed by atoms with Crippen molar-refractivity contribution >= 4 is 17.4 Å². The molecule has 6 heteroatoms. The highest BCUT2D eigenvalue weighted by Gasteiger charge is 2.13. The molecule has 0 aliphatic rings. The van der Waals surface area contributed by atoms with E-state index in [0.717, 1.165) is 19.3 Å². The van der Waals surface area contributed by atoms with Crippen LogP contribution in [0.4, 0.5) is 16.2 Å². The van der Waals surface area contributed by atoms with Gasteiger partial charge in [0, 0.05) is 30.3 Å². The summed E-state index contributed by atoms with van der Waals surface area (Å²) in [5, 5.41) is 16.3. The van der Waals surface area contributed by atoms with Crippen molar-refractivity contribution in [3.8, 4) is 0 Å². The molecule has 0 heterocycles. The first-order valence-electron chi connectivity index (χ1n) is 8.94. The Bertz CT molecular complexity index is 702. The smallest absolute Gasteiger partial charge is 0.319 e. The Morgan fingerprint density at radius 2 is 1.77 bits per heavy atom. The molecule has 0 fully saturated rings. The number of unbranched alkanes of at least 4 members (excludes halogenated alkanes) is 2. The van der Waals surface area contributed by atoms with Crippen LogP contribution in [0, 0.1) is 10.1 Å². The van der Waals surface area contributed by atoms with E-state index in [9.17, 15) is 14.9 Å². The lowest BCUT2D eigenvalue weighted by Gasteiger charge is -2.18. The van der Waals surface area contributed by atoms with Crippen molar-refractivity contribution in [3.05, 3.63) is 70.3 Å². The first-order valence-corrected chi connectivity index (χ1v) is 8.94. The molecule has 2 amide bonds. The first-order chi connectivity index (χ1) is 12.6. The van der Waals surface area contributed by atoms with Gasteiger partial charge in [-0.05, 0) is 24.1 Å². The van der Waals surface area contributed by atoms with E-state index in [1.54, 1.807) is 0 Å². The zero-order valence-corrected chi connectivity index (χ0v) is 15.0. The standard InChI is InChI=1S/C20H25N3O3/c1-2-3-5-10-17(16-8-6-4-7-9-16)15-21-20(24)22-18-11-13-19(14-12-18)23(25)26/h4,6-9,11-14,17H,2-3,5,10,15H2,1H3,(H2,21,22,24). The SMILES string of the molecule is CCCCCC(CNC(=O)Nc1ccc([N+](=O)[O-])cc1)c1ccccc1. The molecule has 2 N–H and O–H groups in total. The highest BCUT2D eigenvalue weighted by Crippen LogP contribution is 2.22. The van der Waals surface area contributed by atoms with Crippen LogP contribution in [-0.4, -0.2) is 17.5 Å². The molecule has 2 aromatic carbocycles. The number of anilines is 1. The number of nitrogens with zero attached hydrogens (tertiary/aromatic N) is 1. The van der Waals surface area contributed by atoms with Gasteiger partial charge in [-0.1, -0.05) is 56.5 Å². The van der Waals surface area contributed by atoms with Gasteiger partial charge in [0.15, 0.2) is 0 Å². The molecule has 2 rings (SSSR count). The summed E-state index contributed by atoms with van der Waals surface area (Å²) in [4.78, 5) is 22.3. The fraction of sp³-hybridized carbons (Fsp3) is 0.350. The number of nitro benzene ring substituents is 1. The minimum Gasteiger partial charge on any atom is -0.337 e. The maximum atomic E-state index is 12.1. The van der Waals surface area contributed by atoms with Gasteiger partial charge in [0.1, 0.15) is 0 Å². The summed E-state index contributed by atoms with van der Waals surface area (Å²) in [5.41, 5.74) is 1.74. The Morgan fingerprint density at radius 1 is 1.08 bits per heavy atom. The predicted molar refractivity (Wildman–Crippen MR) is 103 cm³/mol. The number of carbonyl (C=O) groups excluding carboxylic acids is 1. The Hall–Kier alpha value is -2.89. The number of hydrogen-bond acceptors (Lipinski definition) is 3. The number of hydrogen-bond donors (Lipinski definition) is 2. The molecule has 0 aliphatic heterocycles. The number of benzene rings is 2. The Kier molecular flexibility index (Phi) is 7.61. The van der Waals surface area contributed by atoms with Crippen molar-refractivity contribution in [2.45, 2.75) is 38.5 Å². The van der Waals surface area contributed by atoms with Gasteiger partial charge in [0.2, 0.25) is 0 Å². The van der Waals surface area contributed by atoms with E-state index in [4.69, 9.17) is 0 Å². The number of non-ortho nitro benzene ring substituents is 1. The largest absolute Gasteiger partial charge is 0.337 e. The lowest BCUT2D eigenvalue weighted by molar-refractivity contribution is -0.384. The summed E-state index contributed by atoms with van der Waals surface area (Å²) in [6, 6.07) is 15.7. The third-order valence-corrected chi connectivity index (χ3v) is 4.27. The van der Waals surface area contributed by atoms with Gasteiger partial charge in [-0.3, -0.25) is 10.1 Å². The molecule has 2 aromatic rings. The van der Waals surface area contributed by atoms with E-state index in [1.807, 2.05) is 18.2 Å². The number of nitro groups is 1. The van der Waals surface area contributed by atoms with Gasteiger partial charge < -0.3 is 10.6 Å². The van der Waals surface area contributed by atoms with Crippen LogP contribution in [0.2, 0.25) is 0 Å². The average molecular weight is 355 g/mol. The van der Waals surface area contributed by atoms with Crippen LogP contribution in [0.5, 0.6) is 0 Å². The van der Waals surface area contributed by atoms with Gasteiger partial charge in [-0.15, -0.1) is 0 Å². The normalized spacial score (nSPS) is 11.6. The molecular formula is C20H25N3O3. The number of rotatable bonds is 9. The van der Waals surface area contributed by atoms with Crippen LogP contribution in [0.1, 0.15) is 44.1 Å². The molecule has 138 valence electrons. The van der Waals surface area contributed by atoms with E-state index in [-0.39, 0.29) is 17.6 Å². The Morgan fingerprint density at radius 3 is 2.38 bits per heavy atom. The van der Waals surface area contributed by atoms with Crippen LogP contribution in [-0.2, 0) is 0 Å². The van der Waals surface area contributed by atoms with Gasteiger partial charge in [-0.25, -0.2) is 4.79 Å². The molecule has 0 radical (unpaired) electrons. The fourth-order valence-electron chi connectivity index (χ4n) is 2.81. The zero-order chi connectivity index (χ0) is 18.8. The molecule has 0 bridgehead atoms. The summed E-state index contributed by atoms with van der Waals surface area (Å²) >= 11 is 0. The van der Waals surface area contributed by atoms with E-state index < -0.39 is 4.92 Å². The summed E-state index contributed by atoms with van der Waals surface area (Å²) in [7, 11) is 0. The highest BCUT2D eigenvalue weighted by molar-refractivity contribution is 5.89. The van der Waals surface area contributed by atoms with Crippen molar-refractivity contribution in [1.29, 1.82) is 0 Å². The van der Waals surface area contributed by atoms with E-state index in [0.29, 0.717) is 12.2 Å². The lowest BCUT2D eigenvalue weighted by Crippen LogP contribution is -2.32. The minimum absolute atomic E-state index is 0.00368. The molecule has 1 unspecified atom stereocenters. The summed E-state index contributed by atoms with van der Waals surface area (Å²) in [6.07, 6.45) is 4.49. The van der Waals surface area contributed by atoms with Crippen LogP contribution < -0.4 is 10.6 Å². The average Bonchev–Trinajstić information content (AvgIpc) is 2.65. The topological polar surface area (TPSA) is 84.3 Å². The molecule has 0 aromatic heterocycles. The van der Waals surface area contributed by atoms with E-state index in [2.05, 4.69) is 29.7 Å². The molecular weight excluding hydrogens is 330 g/mol. The molecule has 0 spiro atoms. The van der Waals surface area contributed by atoms with Crippen molar-refractivity contribution in [1.82, 2.24) is 5.32 Å². The zero-order valence-electron chi connectivity index (χ0n) is 15.0. The van der Waals surface area contributed by atoms with E-state index >= 15 is 0 Å². The van der Waals surface area contributed by atoms with Crippen molar-refractivity contribution in [2.24, 2.45) is 0 Å². The molecule has 1 atom stereocenters. The summed E-state index contributed by atoms with van der Waals surface area (Å²) in [5.74, 6) is 0.269. The third kappa shape index (κ3) is 6.20. The molecule has 0 saturated carbocycles. The van der Waals surface area contributed by atoms with E-state index in [1.165, 1.54) is 36.2 Å². The molecule has 0 saturated heterocycles. The molecule has 26 heavy (non-hydrogen) atoms. The second-order valence-electron chi connectivity index (χ2n) is 6.24. The summed E-state index contributed by atoms with van der Waals surface area (Å²) < 4.78 is 0. The maximum absolute atomic E-state index is 12.1. The van der Waals surface area contributed by atoms with Gasteiger partial charge in [-0.2, -0.15) is 0 Å². The van der Waals surface area contributed by atoms with Crippen LogP contribution in [0.15, 0.2) is 54.6 Å². The predicted octanol–water partition coefficient (Wildman–Crippen LogP) is 5.08. The van der Waals surface area contributed by atoms with Crippen LogP contribution in [0.3, 0.4) is 0 Å². The number of nitrogens with one attached hydrogen (secondary N) is 2. The monoisotopic (exact) mass is 355 g/mol. The van der Waals surface area contributed by atoms with Crippen LogP contribution >= 0.6 is 0 Å². The van der Waals surface area contributed by atoms with Gasteiger partial charge in [0.05, 0.1) is 4.92 Å². The van der Waals surface area contributed by atoms with Crippen LogP contribution in [0.25, 0.3) is 0 Å². The molecule has 6 nitrogen and oxygen atoms in total. The maximum Gasteiger partial charge on any atom is 0.319 e. The Labute approximate surface area is 153 Å². The van der Waals surface area contributed by atoms with Crippen molar-refractivity contribution in [3.63, 3.8) is 0 Å². The number of urea groups is 1. The minimum atomic E-state index is -0.468. The Balaban J connectivity index is 1.90. The number of amides is 2. The van der Waals surface area contributed by atoms with Gasteiger partial charge >= 0.3 is 6.03 Å².